The van der Waals surface area contributed by atoms with Crippen LogP contribution in [0.1, 0.15) is 16.8 Å². The predicted molar refractivity (Wildman–Crippen MR) is 80.3 cm³/mol. The number of benzene rings is 1. The summed E-state index contributed by atoms with van der Waals surface area (Å²) in [5, 5.41) is 10.6. The number of carbonyl (C=O) groups excluding carboxylic acids is 1. The molecule has 1 fully saturated rings. The van der Waals surface area contributed by atoms with Crippen molar-refractivity contribution in [3.05, 3.63) is 52.6 Å². The summed E-state index contributed by atoms with van der Waals surface area (Å²) in [4.78, 5) is 26.6. The highest BCUT2D eigenvalue weighted by molar-refractivity contribution is 5.94. The number of non-ortho nitro benzene ring substituents is 1. The van der Waals surface area contributed by atoms with E-state index >= 15 is 0 Å². The monoisotopic (exact) mass is 289 g/mol. The predicted octanol–water partition coefficient (Wildman–Crippen LogP) is 1.93. The molecule has 0 saturated carbocycles. The maximum Gasteiger partial charge on any atom is 0.269 e. The van der Waals surface area contributed by atoms with Gasteiger partial charge in [-0.15, -0.1) is 6.58 Å². The number of rotatable bonds is 4. The molecule has 1 amide bonds. The summed E-state index contributed by atoms with van der Waals surface area (Å²) in [6.07, 6.45) is 2.79. The van der Waals surface area contributed by atoms with Crippen LogP contribution in [0.25, 0.3) is 0 Å². The summed E-state index contributed by atoms with van der Waals surface area (Å²) in [7, 11) is 0. The van der Waals surface area contributed by atoms with E-state index in [1.807, 2.05) is 11.0 Å². The highest BCUT2D eigenvalue weighted by Gasteiger charge is 2.20. The smallest absolute Gasteiger partial charge is 0.269 e. The van der Waals surface area contributed by atoms with E-state index in [1.165, 1.54) is 24.3 Å². The van der Waals surface area contributed by atoms with Crippen LogP contribution in [0.3, 0.4) is 0 Å². The number of nitro benzene ring substituents is 1. The van der Waals surface area contributed by atoms with Gasteiger partial charge in [-0.2, -0.15) is 0 Å². The zero-order chi connectivity index (χ0) is 15.2. The van der Waals surface area contributed by atoms with Crippen LogP contribution < -0.4 is 0 Å². The van der Waals surface area contributed by atoms with Gasteiger partial charge in [0.15, 0.2) is 0 Å². The lowest BCUT2D eigenvalue weighted by atomic mass is 10.2. The van der Waals surface area contributed by atoms with Gasteiger partial charge in [0.1, 0.15) is 0 Å². The van der Waals surface area contributed by atoms with Crippen molar-refractivity contribution in [1.82, 2.24) is 9.80 Å². The number of hydrogen-bond donors (Lipinski definition) is 0. The maximum atomic E-state index is 12.4. The zero-order valence-electron chi connectivity index (χ0n) is 11.9. The lowest BCUT2D eigenvalue weighted by Crippen LogP contribution is -2.35. The summed E-state index contributed by atoms with van der Waals surface area (Å²) < 4.78 is 0. The molecule has 2 rings (SSSR count). The molecule has 6 nitrogen and oxygen atoms in total. The number of nitro groups is 1. The maximum absolute atomic E-state index is 12.4. The molecule has 1 aromatic carbocycles. The second-order valence-corrected chi connectivity index (χ2v) is 5.04. The van der Waals surface area contributed by atoms with Gasteiger partial charge in [-0.3, -0.25) is 19.8 Å². The minimum Gasteiger partial charge on any atom is -0.337 e. The highest BCUT2D eigenvalue weighted by atomic mass is 16.6. The van der Waals surface area contributed by atoms with Gasteiger partial charge in [-0.05, 0) is 18.6 Å². The molecule has 0 aromatic heterocycles. The SMILES string of the molecule is C=CCN1CCCN(C(=O)c2ccc([N+](=O)[O-])cc2)CC1. The Labute approximate surface area is 123 Å². The quantitative estimate of drug-likeness (QED) is 0.482. The van der Waals surface area contributed by atoms with E-state index < -0.39 is 4.92 Å². The van der Waals surface area contributed by atoms with Crippen molar-refractivity contribution in [2.45, 2.75) is 6.42 Å². The van der Waals surface area contributed by atoms with E-state index in [-0.39, 0.29) is 11.6 Å². The fourth-order valence-electron chi connectivity index (χ4n) is 2.45. The lowest BCUT2D eigenvalue weighted by molar-refractivity contribution is -0.384. The Bertz CT molecular complexity index is 527. The standard InChI is InChI=1S/C15H19N3O3/c1-2-8-16-9-3-10-17(12-11-16)15(19)13-4-6-14(7-5-13)18(20)21/h2,4-7H,1,3,8-12H2. The van der Waals surface area contributed by atoms with Gasteiger partial charge in [-0.1, -0.05) is 6.08 Å². The first-order valence-corrected chi connectivity index (χ1v) is 6.99. The van der Waals surface area contributed by atoms with E-state index in [0.717, 1.165) is 26.1 Å². The molecule has 0 spiro atoms. The van der Waals surface area contributed by atoms with Gasteiger partial charge < -0.3 is 4.90 Å². The zero-order valence-corrected chi connectivity index (χ0v) is 11.9. The fraction of sp³-hybridized carbons (Fsp3) is 0.400. The normalized spacial score (nSPS) is 16.3. The van der Waals surface area contributed by atoms with Crippen molar-refractivity contribution < 1.29 is 9.72 Å². The van der Waals surface area contributed by atoms with Crippen LogP contribution in [-0.4, -0.2) is 53.4 Å². The summed E-state index contributed by atoms with van der Waals surface area (Å²) >= 11 is 0. The first-order chi connectivity index (χ1) is 10.1. The van der Waals surface area contributed by atoms with Crippen molar-refractivity contribution in [3.63, 3.8) is 0 Å². The van der Waals surface area contributed by atoms with E-state index in [2.05, 4.69) is 11.5 Å². The molecular formula is C15H19N3O3. The van der Waals surface area contributed by atoms with Crippen molar-refractivity contribution in [2.75, 3.05) is 32.7 Å². The average Bonchev–Trinajstić information content (AvgIpc) is 2.73. The van der Waals surface area contributed by atoms with E-state index in [1.54, 1.807) is 0 Å². The minimum absolute atomic E-state index is 0.000394. The molecule has 0 atom stereocenters. The minimum atomic E-state index is -0.465. The molecule has 0 radical (unpaired) electrons. The van der Waals surface area contributed by atoms with Crippen LogP contribution in [0.2, 0.25) is 0 Å². The van der Waals surface area contributed by atoms with Crippen molar-refractivity contribution >= 4 is 11.6 Å². The van der Waals surface area contributed by atoms with Crippen molar-refractivity contribution in [3.8, 4) is 0 Å². The van der Waals surface area contributed by atoms with Crippen LogP contribution in [0, 0.1) is 10.1 Å². The second kappa shape index (κ2) is 6.99. The van der Waals surface area contributed by atoms with E-state index in [9.17, 15) is 14.9 Å². The second-order valence-electron chi connectivity index (χ2n) is 5.04. The van der Waals surface area contributed by atoms with Crippen LogP contribution in [0.4, 0.5) is 5.69 Å². The highest BCUT2D eigenvalue weighted by Crippen LogP contribution is 2.14. The Kier molecular flexibility index (Phi) is 5.05. The largest absolute Gasteiger partial charge is 0.337 e. The molecule has 6 heteroatoms. The van der Waals surface area contributed by atoms with Crippen molar-refractivity contribution in [2.24, 2.45) is 0 Å². The Balaban J connectivity index is 2.02. The molecule has 0 unspecified atom stereocenters. The molecule has 112 valence electrons. The van der Waals surface area contributed by atoms with E-state index in [4.69, 9.17) is 0 Å². The number of carbonyl (C=O) groups is 1. The van der Waals surface area contributed by atoms with Gasteiger partial charge >= 0.3 is 0 Å². The first kappa shape index (κ1) is 15.2. The summed E-state index contributed by atoms with van der Waals surface area (Å²) in [5.74, 6) is -0.0645. The van der Waals surface area contributed by atoms with Gasteiger partial charge in [-0.25, -0.2) is 0 Å². The molecule has 0 aliphatic carbocycles. The van der Waals surface area contributed by atoms with Gasteiger partial charge in [0.05, 0.1) is 4.92 Å². The first-order valence-electron chi connectivity index (χ1n) is 6.99. The van der Waals surface area contributed by atoms with Crippen LogP contribution in [0.5, 0.6) is 0 Å². The average molecular weight is 289 g/mol. The number of hydrogen-bond acceptors (Lipinski definition) is 4. The molecule has 1 aliphatic rings. The Morgan fingerprint density at radius 2 is 1.95 bits per heavy atom. The van der Waals surface area contributed by atoms with Gasteiger partial charge in [0.25, 0.3) is 11.6 Å². The van der Waals surface area contributed by atoms with Crippen LogP contribution in [-0.2, 0) is 0 Å². The van der Waals surface area contributed by atoms with Crippen LogP contribution >= 0.6 is 0 Å². The van der Waals surface area contributed by atoms with Crippen molar-refractivity contribution in [1.29, 1.82) is 0 Å². The Morgan fingerprint density at radius 1 is 1.24 bits per heavy atom. The molecule has 0 N–H and O–H groups in total. The molecule has 1 saturated heterocycles. The molecular weight excluding hydrogens is 270 g/mol. The molecule has 1 aliphatic heterocycles. The summed E-state index contributed by atoms with van der Waals surface area (Å²) in [6.45, 7) is 7.73. The Hall–Kier alpha value is -2.21. The molecule has 1 heterocycles. The number of amides is 1. The van der Waals surface area contributed by atoms with Gasteiger partial charge in [0.2, 0.25) is 0 Å². The summed E-state index contributed by atoms with van der Waals surface area (Å²) in [6, 6.07) is 5.78. The lowest BCUT2D eigenvalue weighted by Gasteiger charge is -2.21. The topological polar surface area (TPSA) is 66.7 Å². The summed E-state index contributed by atoms with van der Waals surface area (Å²) in [5.41, 5.74) is 0.498. The molecule has 21 heavy (non-hydrogen) atoms. The van der Waals surface area contributed by atoms with Crippen LogP contribution in [0.15, 0.2) is 36.9 Å². The number of nitrogens with zero attached hydrogens (tertiary/aromatic N) is 3. The van der Waals surface area contributed by atoms with E-state index in [0.29, 0.717) is 18.7 Å². The van der Waals surface area contributed by atoms with Gasteiger partial charge in [0, 0.05) is 50.4 Å². The third-order valence-electron chi connectivity index (χ3n) is 3.59. The molecule has 1 aromatic rings. The third-order valence-corrected chi connectivity index (χ3v) is 3.59. The fourth-order valence-corrected chi connectivity index (χ4v) is 2.45. The Morgan fingerprint density at radius 3 is 2.57 bits per heavy atom. The molecule has 0 bridgehead atoms. The third kappa shape index (κ3) is 3.88.